The van der Waals surface area contributed by atoms with Crippen LogP contribution in [-0.4, -0.2) is 38.1 Å². The van der Waals surface area contributed by atoms with Crippen LogP contribution in [-0.2, 0) is 22.2 Å². The van der Waals surface area contributed by atoms with Gasteiger partial charge in [0.25, 0.3) is 10.0 Å². The van der Waals surface area contributed by atoms with E-state index in [1.165, 1.54) is 40.3 Å². The number of aliphatic hydroxyl groups is 1. The predicted molar refractivity (Wildman–Crippen MR) is 132 cm³/mol. The molecule has 2 N–H and O–H groups in total. The minimum absolute atomic E-state index is 0.109. The van der Waals surface area contributed by atoms with E-state index >= 15 is 0 Å². The molecule has 0 fully saturated rings. The summed E-state index contributed by atoms with van der Waals surface area (Å²) in [6.07, 6.45) is 4.10. The molecule has 9 nitrogen and oxygen atoms in total. The van der Waals surface area contributed by atoms with Gasteiger partial charge < -0.3 is 5.11 Å². The van der Waals surface area contributed by atoms with Crippen molar-refractivity contribution in [3.05, 3.63) is 103 Å². The van der Waals surface area contributed by atoms with Crippen molar-refractivity contribution in [1.29, 1.82) is 0 Å². The molecule has 0 aliphatic rings. The summed E-state index contributed by atoms with van der Waals surface area (Å²) in [5, 5.41) is 20.7. The summed E-state index contributed by atoms with van der Waals surface area (Å²) in [6.45, 7) is 1.41. The van der Waals surface area contributed by atoms with Crippen LogP contribution in [0.15, 0.2) is 84.4 Å². The summed E-state index contributed by atoms with van der Waals surface area (Å²) in [7, 11) is -3.98. The number of anilines is 1. The van der Waals surface area contributed by atoms with Gasteiger partial charge in [0.05, 0.1) is 29.2 Å². The van der Waals surface area contributed by atoms with Gasteiger partial charge in [0.2, 0.25) is 0 Å². The van der Waals surface area contributed by atoms with Crippen molar-refractivity contribution in [3.8, 4) is 0 Å². The normalized spacial score (nSPS) is 14.3. The van der Waals surface area contributed by atoms with Crippen molar-refractivity contribution in [2.75, 3.05) is 4.72 Å². The number of nitrogens with zero attached hydrogens (tertiary/aromatic N) is 5. The molecule has 5 rings (SSSR count). The number of sulfonamides is 1. The van der Waals surface area contributed by atoms with Gasteiger partial charge in [0, 0.05) is 22.7 Å². The Kier molecular flexibility index (Phi) is 6.41. The van der Waals surface area contributed by atoms with E-state index in [-0.39, 0.29) is 22.7 Å². The number of fused-ring (bicyclic) bond motifs is 1. The average molecular weight is 543 g/mol. The van der Waals surface area contributed by atoms with Gasteiger partial charge in [0.15, 0.2) is 0 Å². The number of nitrogens with one attached hydrogen (secondary N) is 1. The van der Waals surface area contributed by atoms with Crippen molar-refractivity contribution >= 4 is 26.6 Å². The van der Waals surface area contributed by atoms with Crippen molar-refractivity contribution in [2.24, 2.45) is 0 Å². The maximum atomic E-state index is 14.9. The van der Waals surface area contributed by atoms with E-state index in [1.807, 2.05) is 0 Å². The number of aromatic nitrogens is 5. The maximum Gasteiger partial charge on any atom is 0.261 e. The molecule has 2 atom stereocenters. The fourth-order valence-corrected chi connectivity index (χ4v) is 5.35. The number of hydrogen-bond donors (Lipinski definition) is 2. The molecule has 196 valence electrons. The zero-order valence-corrected chi connectivity index (χ0v) is 20.6. The van der Waals surface area contributed by atoms with Gasteiger partial charge in [-0.2, -0.15) is 10.2 Å². The first kappa shape index (κ1) is 25.4. The van der Waals surface area contributed by atoms with Gasteiger partial charge in [-0.3, -0.25) is 9.40 Å². The lowest BCUT2D eigenvalue weighted by Crippen LogP contribution is -2.41. The number of halogens is 3. The SMILES string of the molecule is CC(n1ncc2cc(NS(=O)(=O)c3ccc(F)cc3)ccc21)C(O)(Cn1cncn1)c1ccc(F)cc1F. The highest BCUT2D eigenvalue weighted by Crippen LogP contribution is 2.38. The lowest BCUT2D eigenvalue weighted by molar-refractivity contribution is -0.0354. The molecule has 0 amide bonds. The molecule has 0 aliphatic carbocycles. The van der Waals surface area contributed by atoms with Crippen LogP contribution in [0.25, 0.3) is 10.9 Å². The van der Waals surface area contributed by atoms with Crippen molar-refractivity contribution in [3.63, 3.8) is 0 Å². The van der Waals surface area contributed by atoms with Crippen molar-refractivity contribution < 1.29 is 26.7 Å². The molecule has 0 aliphatic heterocycles. The molecule has 2 unspecified atom stereocenters. The summed E-state index contributed by atoms with van der Waals surface area (Å²) in [6, 6.07) is 11.1. The zero-order valence-electron chi connectivity index (χ0n) is 19.8. The first-order valence-electron chi connectivity index (χ1n) is 11.3. The fourth-order valence-electron chi connectivity index (χ4n) is 4.30. The lowest BCUT2D eigenvalue weighted by Gasteiger charge is -2.35. The quantitative estimate of drug-likeness (QED) is 0.306. The Morgan fingerprint density at radius 1 is 1.00 bits per heavy atom. The van der Waals surface area contributed by atoms with Gasteiger partial charge in [-0.1, -0.05) is 6.07 Å². The smallest absolute Gasteiger partial charge is 0.261 e. The van der Waals surface area contributed by atoms with E-state index in [0.717, 1.165) is 30.3 Å². The highest BCUT2D eigenvalue weighted by molar-refractivity contribution is 7.92. The number of hydrogen-bond acceptors (Lipinski definition) is 6. The summed E-state index contributed by atoms with van der Waals surface area (Å²) in [5.74, 6) is -2.29. The summed E-state index contributed by atoms with van der Waals surface area (Å²) >= 11 is 0. The van der Waals surface area contributed by atoms with Gasteiger partial charge >= 0.3 is 0 Å². The lowest BCUT2D eigenvalue weighted by atomic mass is 9.86. The predicted octanol–water partition coefficient (Wildman–Crippen LogP) is 3.99. The molecule has 13 heteroatoms. The van der Waals surface area contributed by atoms with Crippen molar-refractivity contribution in [1.82, 2.24) is 24.5 Å². The van der Waals surface area contributed by atoms with Gasteiger partial charge in [-0.15, -0.1) is 0 Å². The Labute approximate surface area is 215 Å². The third-order valence-corrected chi connectivity index (χ3v) is 7.69. The Balaban J connectivity index is 1.51. The van der Waals surface area contributed by atoms with E-state index in [4.69, 9.17) is 0 Å². The van der Waals surface area contributed by atoms with Crippen molar-refractivity contribution in [2.45, 2.75) is 30.0 Å². The molecule has 2 heterocycles. The highest BCUT2D eigenvalue weighted by Gasteiger charge is 2.41. The Morgan fingerprint density at radius 2 is 1.74 bits per heavy atom. The number of benzene rings is 3. The topological polar surface area (TPSA) is 115 Å². The highest BCUT2D eigenvalue weighted by atomic mass is 32.2. The first-order chi connectivity index (χ1) is 18.1. The second-order valence-corrected chi connectivity index (χ2v) is 10.4. The van der Waals surface area contributed by atoms with Crippen LogP contribution in [0.3, 0.4) is 0 Å². The van der Waals surface area contributed by atoms with E-state index in [9.17, 15) is 26.7 Å². The average Bonchev–Trinajstić information content (AvgIpc) is 3.53. The first-order valence-corrected chi connectivity index (χ1v) is 12.8. The standard InChI is InChI=1S/C25H21F3N6O3S/c1-16(25(35,13-33-15-29-14-31-33)22-8-4-19(27)11-23(22)28)34-24-9-5-20(10-17(24)12-30-34)32-38(36,37)21-6-2-18(26)3-7-21/h2-12,14-16,32,35H,13H2,1H3. The minimum Gasteiger partial charge on any atom is -0.381 e. The van der Waals surface area contributed by atoms with E-state index in [2.05, 4.69) is 19.9 Å². The van der Waals surface area contributed by atoms with Crippen LogP contribution in [0.1, 0.15) is 18.5 Å². The maximum absolute atomic E-state index is 14.9. The molecule has 0 spiro atoms. The van der Waals surface area contributed by atoms with E-state index in [1.54, 1.807) is 19.1 Å². The molecule has 3 aromatic carbocycles. The molecule has 38 heavy (non-hydrogen) atoms. The fraction of sp³-hybridized carbons (Fsp3) is 0.160. The monoisotopic (exact) mass is 542 g/mol. The Bertz CT molecular complexity index is 1710. The molecule has 2 aromatic heterocycles. The molecule has 0 radical (unpaired) electrons. The van der Waals surface area contributed by atoms with Gasteiger partial charge in [-0.25, -0.2) is 31.3 Å². The van der Waals surface area contributed by atoms with Gasteiger partial charge in [0.1, 0.15) is 35.7 Å². The minimum atomic E-state index is -3.98. The Hall–Kier alpha value is -4.23. The summed E-state index contributed by atoms with van der Waals surface area (Å²) in [5.41, 5.74) is -1.35. The molecule has 5 aromatic rings. The van der Waals surface area contributed by atoms with Crippen LogP contribution >= 0.6 is 0 Å². The van der Waals surface area contributed by atoms with Crippen LogP contribution < -0.4 is 4.72 Å². The van der Waals surface area contributed by atoms with E-state index in [0.29, 0.717) is 17.0 Å². The molecule has 0 saturated carbocycles. The third-order valence-electron chi connectivity index (χ3n) is 6.30. The largest absolute Gasteiger partial charge is 0.381 e. The number of rotatable bonds is 8. The van der Waals surface area contributed by atoms with Crippen LogP contribution in [0.4, 0.5) is 18.9 Å². The second-order valence-electron chi connectivity index (χ2n) is 8.74. The van der Waals surface area contributed by atoms with Crippen LogP contribution in [0, 0.1) is 17.5 Å². The summed E-state index contributed by atoms with van der Waals surface area (Å²) < 4.78 is 72.4. The van der Waals surface area contributed by atoms with Crippen LogP contribution in [0.2, 0.25) is 0 Å². The summed E-state index contributed by atoms with van der Waals surface area (Å²) in [4.78, 5) is 3.76. The second kappa shape index (κ2) is 9.58. The van der Waals surface area contributed by atoms with Gasteiger partial charge in [-0.05, 0) is 55.5 Å². The molecule has 0 saturated heterocycles. The molecule has 0 bridgehead atoms. The van der Waals surface area contributed by atoms with Crippen LogP contribution in [0.5, 0.6) is 0 Å². The molecular weight excluding hydrogens is 521 g/mol. The van der Waals surface area contributed by atoms with E-state index < -0.39 is 39.1 Å². The third kappa shape index (κ3) is 4.73. The Morgan fingerprint density at radius 3 is 2.42 bits per heavy atom. The molecular formula is C25H21F3N6O3S. The zero-order chi connectivity index (χ0) is 27.1.